The van der Waals surface area contributed by atoms with Crippen molar-refractivity contribution in [3.63, 3.8) is 0 Å². The Morgan fingerprint density at radius 2 is 1.45 bits per heavy atom. The van der Waals surface area contributed by atoms with E-state index < -0.39 is 39.0 Å². The predicted octanol–water partition coefficient (Wildman–Crippen LogP) is 5.97. The van der Waals surface area contributed by atoms with Crippen molar-refractivity contribution >= 4 is 33.4 Å². The van der Waals surface area contributed by atoms with Crippen molar-refractivity contribution in [3.05, 3.63) is 22.7 Å². The van der Waals surface area contributed by atoms with Crippen LogP contribution in [0, 0.1) is 0 Å². The van der Waals surface area contributed by atoms with Crippen LogP contribution in [0.1, 0.15) is 0 Å². The highest BCUT2D eigenvalue weighted by Gasteiger charge is 2.73. The molecule has 1 rings (SSSR count). The van der Waals surface area contributed by atoms with Crippen LogP contribution in [0.5, 0.6) is 0 Å². The summed E-state index contributed by atoms with van der Waals surface area (Å²) in [5.74, 6) is -8.91. The van der Waals surface area contributed by atoms with Gasteiger partial charge in [-0.25, -0.2) is 0 Å². The van der Waals surface area contributed by atoms with Crippen molar-refractivity contribution in [2.45, 2.75) is 28.8 Å². The van der Waals surface area contributed by atoms with E-state index >= 15 is 0 Å². The van der Waals surface area contributed by atoms with Gasteiger partial charge in [0.15, 0.2) is 0 Å². The van der Waals surface area contributed by atoms with Gasteiger partial charge < -0.3 is 5.32 Å². The maximum atomic E-state index is 13.6. The Balaban J connectivity index is 3.37. The quantitative estimate of drug-likeness (QED) is 0.365. The SMILES string of the molecule is FC(F)Sc1cccc(Br)c1NC(F)(C(F)(F)F)C(F)(F)F. The standard InChI is InChI=1S/C10H5BrF9NS/c11-4-2-1-3-5(22-7(12)13)6(4)21-8(14,9(15,16)17)10(18,19)20/h1-3,7,21H. The monoisotopic (exact) mass is 421 g/mol. The maximum absolute atomic E-state index is 13.6. The molecule has 12 heteroatoms. The molecule has 0 aliphatic rings. The summed E-state index contributed by atoms with van der Waals surface area (Å²) in [6.45, 7) is 0. The van der Waals surface area contributed by atoms with Gasteiger partial charge in [0.2, 0.25) is 0 Å². The molecule has 0 atom stereocenters. The first-order chi connectivity index (χ1) is 9.79. The molecule has 0 spiro atoms. The Bertz CT molecular complexity index is 514. The minimum absolute atomic E-state index is 0.326. The van der Waals surface area contributed by atoms with Crippen LogP contribution in [-0.4, -0.2) is 23.9 Å². The van der Waals surface area contributed by atoms with Gasteiger partial charge >= 0.3 is 18.1 Å². The highest BCUT2D eigenvalue weighted by atomic mass is 79.9. The second-order valence-corrected chi connectivity index (χ2v) is 5.66. The molecule has 1 aromatic carbocycles. The van der Waals surface area contributed by atoms with E-state index in [4.69, 9.17) is 0 Å². The van der Waals surface area contributed by atoms with Gasteiger partial charge in [0.05, 0.1) is 5.69 Å². The number of hydrogen-bond donors (Lipinski definition) is 1. The smallest absolute Gasteiger partial charge is 0.336 e. The van der Waals surface area contributed by atoms with Crippen LogP contribution in [0.4, 0.5) is 45.2 Å². The zero-order valence-electron chi connectivity index (χ0n) is 10.00. The normalized spacial score (nSPS) is 13.6. The molecule has 0 bridgehead atoms. The third-order valence-electron chi connectivity index (χ3n) is 2.27. The number of rotatable bonds is 4. The maximum Gasteiger partial charge on any atom is 0.451 e. The summed E-state index contributed by atoms with van der Waals surface area (Å²) in [4.78, 5) is -0.681. The zero-order chi connectivity index (χ0) is 17.3. The third kappa shape index (κ3) is 3.94. The average molecular weight is 422 g/mol. The molecule has 0 fully saturated rings. The second-order valence-electron chi connectivity index (χ2n) is 3.77. The lowest BCUT2D eigenvalue weighted by Crippen LogP contribution is -2.59. The van der Waals surface area contributed by atoms with Gasteiger partial charge in [-0.1, -0.05) is 17.8 Å². The highest BCUT2D eigenvalue weighted by Crippen LogP contribution is 2.48. The number of anilines is 1. The fraction of sp³-hybridized carbons (Fsp3) is 0.400. The first-order valence-corrected chi connectivity index (χ1v) is 6.80. The van der Waals surface area contributed by atoms with Gasteiger partial charge in [-0.05, 0) is 28.1 Å². The summed E-state index contributed by atoms with van der Waals surface area (Å²) in [5, 5.41) is 0.660. The van der Waals surface area contributed by atoms with Crippen LogP contribution in [0.15, 0.2) is 27.6 Å². The Morgan fingerprint density at radius 3 is 1.86 bits per heavy atom. The number of hydrogen-bond acceptors (Lipinski definition) is 2. The molecular formula is C10H5BrF9NS. The second kappa shape index (κ2) is 6.38. The molecule has 1 N–H and O–H groups in total. The van der Waals surface area contributed by atoms with E-state index in [1.165, 1.54) is 0 Å². The Hall–Kier alpha value is -0.780. The van der Waals surface area contributed by atoms with Crippen molar-refractivity contribution < 1.29 is 39.5 Å². The number of nitrogens with one attached hydrogen (secondary N) is 1. The lowest BCUT2D eigenvalue weighted by molar-refractivity contribution is -0.330. The van der Waals surface area contributed by atoms with Crippen LogP contribution in [0.25, 0.3) is 0 Å². The van der Waals surface area contributed by atoms with E-state index in [0.29, 0.717) is 5.32 Å². The van der Waals surface area contributed by atoms with E-state index in [-0.39, 0.29) is 11.8 Å². The summed E-state index contributed by atoms with van der Waals surface area (Å²) < 4.78 is 113. The van der Waals surface area contributed by atoms with Gasteiger partial charge in [-0.3, -0.25) is 0 Å². The van der Waals surface area contributed by atoms with Crippen molar-refractivity contribution in [1.29, 1.82) is 0 Å². The molecule has 1 nitrogen and oxygen atoms in total. The van der Waals surface area contributed by atoms with Gasteiger partial charge in [-0.15, -0.1) is 0 Å². The van der Waals surface area contributed by atoms with Gasteiger partial charge in [0.1, 0.15) is 0 Å². The van der Waals surface area contributed by atoms with Gasteiger partial charge in [0, 0.05) is 9.37 Å². The van der Waals surface area contributed by atoms with E-state index in [9.17, 15) is 39.5 Å². The molecule has 0 amide bonds. The summed E-state index contributed by atoms with van der Waals surface area (Å²) in [6.07, 6.45) is -12.7. The molecule has 0 aromatic heterocycles. The van der Waals surface area contributed by atoms with Gasteiger partial charge in [0.25, 0.3) is 5.76 Å². The van der Waals surface area contributed by atoms with Crippen LogP contribution in [-0.2, 0) is 0 Å². The summed E-state index contributed by atoms with van der Waals surface area (Å²) in [6, 6.07) is 2.91. The Kier molecular flexibility index (Phi) is 5.59. The van der Waals surface area contributed by atoms with Crippen molar-refractivity contribution in [2.24, 2.45) is 0 Å². The molecule has 0 saturated carbocycles. The van der Waals surface area contributed by atoms with Crippen LogP contribution < -0.4 is 5.32 Å². The average Bonchev–Trinajstić information content (AvgIpc) is 2.29. The first-order valence-electron chi connectivity index (χ1n) is 5.13. The lowest BCUT2D eigenvalue weighted by atomic mass is 10.2. The minimum atomic E-state index is -6.35. The fourth-order valence-corrected chi connectivity index (χ4v) is 2.52. The number of benzene rings is 1. The largest absolute Gasteiger partial charge is 0.451 e. The Labute approximate surface area is 130 Å². The van der Waals surface area contributed by atoms with E-state index in [2.05, 4.69) is 15.9 Å². The first kappa shape index (κ1) is 19.3. The van der Waals surface area contributed by atoms with Crippen LogP contribution in [0.3, 0.4) is 0 Å². The summed E-state index contributed by atoms with van der Waals surface area (Å²) in [5.41, 5.74) is -1.08. The lowest BCUT2D eigenvalue weighted by Gasteiger charge is -2.32. The molecule has 22 heavy (non-hydrogen) atoms. The third-order valence-corrected chi connectivity index (χ3v) is 3.70. The molecular weight excluding hydrogens is 417 g/mol. The fourth-order valence-electron chi connectivity index (χ4n) is 1.29. The molecule has 0 aliphatic heterocycles. The summed E-state index contributed by atoms with van der Waals surface area (Å²) >= 11 is 2.28. The molecule has 0 aliphatic carbocycles. The van der Waals surface area contributed by atoms with E-state index in [1.54, 1.807) is 0 Å². The van der Waals surface area contributed by atoms with Crippen molar-refractivity contribution in [2.75, 3.05) is 5.32 Å². The zero-order valence-corrected chi connectivity index (χ0v) is 12.4. The molecule has 0 radical (unpaired) electrons. The van der Waals surface area contributed by atoms with Crippen LogP contribution >= 0.6 is 27.7 Å². The number of alkyl halides is 9. The minimum Gasteiger partial charge on any atom is -0.336 e. The molecule has 1 aromatic rings. The number of thioether (sulfide) groups is 1. The molecule has 0 saturated heterocycles. The number of para-hydroxylation sites is 1. The highest BCUT2D eigenvalue weighted by molar-refractivity contribution is 9.10. The molecule has 0 unspecified atom stereocenters. The number of halogens is 10. The van der Waals surface area contributed by atoms with Crippen molar-refractivity contribution in [1.82, 2.24) is 0 Å². The van der Waals surface area contributed by atoms with E-state index in [1.807, 2.05) is 0 Å². The predicted molar refractivity (Wildman–Crippen MR) is 65.6 cm³/mol. The van der Waals surface area contributed by atoms with Crippen LogP contribution in [0.2, 0.25) is 0 Å². The van der Waals surface area contributed by atoms with Gasteiger partial charge in [-0.2, -0.15) is 39.5 Å². The van der Waals surface area contributed by atoms with E-state index in [0.717, 1.165) is 18.2 Å². The molecule has 126 valence electrons. The topological polar surface area (TPSA) is 12.0 Å². The molecule has 0 heterocycles. The van der Waals surface area contributed by atoms with Crippen molar-refractivity contribution in [3.8, 4) is 0 Å². The summed E-state index contributed by atoms with van der Waals surface area (Å²) in [7, 11) is 0. The Morgan fingerprint density at radius 1 is 0.955 bits per heavy atom.